The molecule has 0 spiro atoms. The molecule has 3 atom stereocenters. The van der Waals surface area contributed by atoms with Crippen LogP contribution in [-0.4, -0.2) is 24.3 Å². The van der Waals surface area contributed by atoms with E-state index in [1.54, 1.807) is 0 Å². The van der Waals surface area contributed by atoms with Crippen LogP contribution in [0.25, 0.3) is 0 Å². The van der Waals surface area contributed by atoms with Crippen molar-refractivity contribution >= 4 is 5.97 Å². The number of unbranched alkanes of at least 4 members (excludes halogenated alkanes) is 3. The van der Waals surface area contributed by atoms with Crippen LogP contribution in [0, 0.1) is 0 Å². The number of esters is 1. The molecule has 0 unspecified atom stereocenters. The highest BCUT2D eigenvalue weighted by Gasteiger charge is 2.37. The van der Waals surface area contributed by atoms with E-state index >= 15 is 0 Å². The molecule has 18 heavy (non-hydrogen) atoms. The standard InChI is InChI=1S/C15H26O3/c1-2-3-4-5-8-12-9-6-7-10-13-14(17-12)11-15(16)18-13/h12-14H,2-11H2,1H3/t12-,13-,14+/m0/s1. The summed E-state index contributed by atoms with van der Waals surface area (Å²) in [6, 6.07) is 0. The number of carbonyl (C=O) groups is 1. The Morgan fingerprint density at radius 1 is 1.11 bits per heavy atom. The molecule has 2 heterocycles. The minimum absolute atomic E-state index is 0.0361. The third-order valence-electron chi connectivity index (χ3n) is 4.08. The van der Waals surface area contributed by atoms with Crippen LogP contribution in [0.15, 0.2) is 0 Å². The van der Waals surface area contributed by atoms with Gasteiger partial charge < -0.3 is 9.47 Å². The van der Waals surface area contributed by atoms with Crippen LogP contribution in [0.1, 0.15) is 71.1 Å². The van der Waals surface area contributed by atoms with E-state index in [4.69, 9.17) is 9.47 Å². The molecule has 0 amide bonds. The first-order valence-electron chi connectivity index (χ1n) is 7.64. The lowest BCUT2D eigenvalue weighted by Gasteiger charge is -2.27. The van der Waals surface area contributed by atoms with Crippen LogP contribution in [0.5, 0.6) is 0 Å². The van der Waals surface area contributed by atoms with Crippen LogP contribution in [0.3, 0.4) is 0 Å². The lowest BCUT2D eigenvalue weighted by molar-refractivity contribution is -0.142. The van der Waals surface area contributed by atoms with E-state index in [0.717, 1.165) is 19.3 Å². The van der Waals surface area contributed by atoms with E-state index in [9.17, 15) is 4.79 Å². The maximum Gasteiger partial charge on any atom is 0.308 e. The van der Waals surface area contributed by atoms with E-state index in [2.05, 4.69) is 6.92 Å². The van der Waals surface area contributed by atoms with Crippen molar-refractivity contribution in [1.82, 2.24) is 0 Å². The van der Waals surface area contributed by atoms with E-state index in [0.29, 0.717) is 12.5 Å². The van der Waals surface area contributed by atoms with Crippen LogP contribution in [0.2, 0.25) is 0 Å². The lowest BCUT2D eigenvalue weighted by atomic mass is 9.98. The Morgan fingerprint density at radius 3 is 2.78 bits per heavy atom. The number of carbonyl (C=O) groups excluding carboxylic acids is 1. The van der Waals surface area contributed by atoms with Gasteiger partial charge in [0, 0.05) is 0 Å². The third kappa shape index (κ3) is 3.98. The molecule has 0 radical (unpaired) electrons. The number of ether oxygens (including phenoxy) is 2. The molecular weight excluding hydrogens is 228 g/mol. The van der Waals surface area contributed by atoms with Gasteiger partial charge in [0.05, 0.1) is 12.5 Å². The highest BCUT2D eigenvalue weighted by molar-refractivity contribution is 5.72. The molecule has 2 rings (SSSR count). The largest absolute Gasteiger partial charge is 0.460 e. The second-order valence-corrected chi connectivity index (χ2v) is 5.66. The maximum absolute atomic E-state index is 11.3. The van der Waals surface area contributed by atoms with Crippen molar-refractivity contribution in [2.45, 2.75) is 89.4 Å². The van der Waals surface area contributed by atoms with Crippen molar-refractivity contribution in [3.05, 3.63) is 0 Å². The van der Waals surface area contributed by atoms with Gasteiger partial charge in [0.2, 0.25) is 0 Å². The first kappa shape index (κ1) is 13.9. The summed E-state index contributed by atoms with van der Waals surface area (Å²) in [7, 11) is 0. The molecule has 0 bridgehead atoms. The van der Waals surface area contributed by atoms with Gasteiger partial charge >= 0.3 is 5.97 Å². The van der Waals surface area contributed by atoms with Crippen LogP contribution in [0.4, 0.5) is 0 Å². The fraction of sp³-hybridized carbons (Fsp3) is 0.933. The van der Waals surface area contributed by atoms with Crippen molar-refractivity contribution < 1.29 is 14.3 Å². The topological polar surface area (TPSA) is 35.5 Å². The summed E-state index contributed by atoms with van der Waals surface area (Å²) in [6.45, 7) is 2.23. The number of hydrogen-bond donors (Lipinski definition) is 0. The molecule has 0 aliphatic carbocycles. The van der Waals surface area contributed by atoms with Gasteiger partial charge in [-0.2, -0.15) is 0 Å². The van der Waals surface area contributed by atoms with Crippen molar-refractivity contribution in [2.24, 2.45) is 0 Å². The first-order chi connectivity index (χ1) is 8.79. The normalized spacial score (nSPS) is 32.5. The zero-order chi connectivity index (χ0) is 12.8. The van der Waals surface area contributed by atoms with Gasteiger partial charge in [-0.05, 0) is 25.7 Å². The molecule has 0 N–H and O–H groups in total. The predicted octanol–water partition coefficient (Wildman–Crippen LogP) is 3.60. The van der Waals surface area contributed by atoms with Crippen LogP contribution in [-0.2, 0) is 14.3 Å². The van der Waals surface area contributed by atoms with Gasteiger partial charge in [-0.15, -0.1) is 0 Å². The molecule has 104 valence electrons. The van der Waals surface area contributed by atoms with Crippen molar-refractivity contribution in [1.29, 1.82) is 0 Å². The molecule has 2 saturated heterocycles. The highest BCUT2D eigenvalue weighted by atomic mass is 16.6. The van der Waals surface area contributed by atoms with E-state index < -0.39 is 0 Å². The molecule has 3 nitrogen and oxygen atoms in total. The van der Waals surface area contributed by atoms with E-state index in [1.165, 1.54) is 38.5 Å². The Bertz CT molecular complexity index is 264. The molecule has 0 aromatic heterocycles. The number of hydrogen-bond acceptors (Lipinski definition) is 3. The molecule has 0 aromatic carbocycles. The second kappa shape index (κ2) is 7.13. The summed E-state index contributed by atoms with van der Waals surface area (Å²) in [5.74, 6) is -0.0726. The fourth-order valence-corrected chi connectivity index (χ4v) is 3.01. The molecule has 2 fully saturated rings. The minimum Gasteiger partial charge on any atom is -0.460 e. The minimum atomic E-state index is -0.0726. The van der Waals surface area contributed by atoms with Crippen molar-refractivity contribution in [3.63, 3.8) is 0 Å². The molecule has 2 aliphatic heterocycles. The van der Waals surface area contributed by atoms with E-state index in [-0.39, 0.29) is 18.2 Å². The Labute approximate surface area is 110 Å². The Kier molecular flexibility index (Phi) is 5.48. The molecule has 3 heteroatoms. The summed E-state index contributed by atoms with van der Waals surface area (Å²) in [5, 5.41) is 0. The van der Waals surface area contributed by atoms with Crippen molar-refractivity contribution in [3.8, 4) is 0 Å². The quantitative estimate of drug-likeness (QED) is 0.555. The average Bonchev–Trinajstić information content (AvgIpc) is 2.66. The zero-order valence-electron chi connectivity index (χ0n) is 11.5. The molecule has 2 aliphatic rings. The summed E-state index contributed by atoms with van der Waals surface area (Å²) >= 11 is 0. The van der Waals surface area contributed by atoms with Crippen LogP contribution < -0.4 is 0 Å². The average molecular weight is 254 g/mol. The summed E-state index contributed by atoms with van der Waals surface area (Å²) in [6.07, 6.45) is 11.7. The summed E-state index contributed by atoms with van der Waals surface area (Å²) in [5.41, 5.74) is 0. The lowest BCUT2D eigenvalue weighted by Crippen LogP contribution is -2.31. The Balaban J connectivity index is 1.78. The van der Waals surface area contributed by atoms with Gasteiger partial charge in [0.25, 0.3) is 0 Å². The Hall–Kier alpha value is -0.570. The van der Waals surface area contributed by atoms with Gasteiger partial charge in [0.1, 0.15) is 12.2 Å². The second-order valence-electron chi connectivity index (χ2n) is 5.66. The number of fused-ring (bicyclic) bond motifs is 1. The van der Waals surface area contributed by atoms with E-state index in [1.807, 2.05) is 0 Å². The van der Waals surface area contributed by atoms with Crippen LogP contribution >= 0.6 is 0 Å². The molecule has 0 saturated carbocycles. The summed E-state index contributed by atoms with van der Waals surface area (Å²) in [4.78, 5) is 11.3. The summed E-state index contributed by atoms with van der Waals surface area (Å²) < 4.78 is 11.4. The zero-order valence-corrected chi connectivity index (χ0v) is 11.5. The monoisotopic (exact) mass is 254 g/mol. The van der Waals surface area contributed by atoms with Gasteiger partial charge in [-0.3, -0.25) is 4.79 Å². The number of rotatable bonds is 5. The fourth-order valence-electron chi connectivity index (χ4n) is 3.01. The first-order valence-corrected chi connectivity index (χ1v) is 7.64. The smallest absolute Gasteiger partial charge is 0.308 e. The van der Waals surface area contributed by atoms with Crippen molar-refractivity contribution in [2.75, 3.05) is 0 Å². The maximum atomic E-state index is 11.3. The third-order valence-corrected chi connectivity index (χ3v) is 4.08. The SMILES string of the molecule is CCCCCC[C@H]1CCCC[C@@H]2OC(=O)C[C@H]2O1. The van der Waals surface area contributed by atoms with Gasteiger partial charge in [0.15, 0.2) is 0 Å². The molecular formula is C15H26O3. The van der Waals surface area contributed by atoms with Gasteiger partial charge in [-0.1, -0.05) is 39.0 Å². The predicted molar refractivity (Wildman–Crippen MR) is 70.4 cm³/mol. The molecule has 0 aromatic rings. The Morgan fingerprint density at radius 2 is 1.94 bits per heavy atom. The highest BCUT2D eigenvalue weighted by Crippen LogP contribution is 2.29. The van der Waals surface area contributed by atoms with Gasteiger partial charge in [-0.25, -0.2) is 0 Å².